The molecule has 0 saturated heterocycles. The SMILES string of the molecule is CC(C)c1ccc(N(Cc2cnn(Cc3ccc(C(=O)O)cc3)c2)C(=O)C2CCCc3c(O)cccc32)cn1.Cl. The van der Waals surface area contributed by atoms with Crippen molar-refractivity contribution < 1.29 is 19.8 Å². The lowest BCUT2D eigenvalue weighted by Gasteiger charge is -2.31. The van der Waals surface area contributed by atoms with Gasteiger partial charge in [0.1, 0.15) is 5.75 Å². The second-order valence-electron chi connectivity index (χ2n) is 10.4. The number of anilines is 1. The molecule has 0 spiro atoms. The number of aromatic carboxylic acids is 1. The van der Waals surface area contributed by atoms with Gasteiger partial charge in [-0.25, -0.2) is 4.79 Å². The summed E-state index contributed by atoms with van der Waals surface area (Å²) in [5.74, 6) is -0.818. The molecule has 8 nitrogen and oxygen atoms in total. The van der Waals surface area contributed by atoms with Crippen LogP contribution in [0.2, 0.25) is 0 Å². The molecule has 1 unspecified atom stereocenters. The van der Waals surface area contributed by atoms with Crippen LogP contribution in [0.25, 0.3) is 0 Å². The maximum Gasteiger partial charge on any atom is 0.335 e. The highest BCUT2D eigenvalue weighted by Crippen LogP contribution is 2.38. The number of halogens is 1. The lowest BCUT2D eigenvalue weighted by molar-refractivity contribution is -0.120. The zero-order valence-corrected chi connectivity index (χ0v) is 23.3. The molecule has 0 bridgehead atoms. The molecule has 1 atom stereocenters. The van der Waals surface area contributed by atoms with E-state index in [2.05, 4.69) is 23.9 Å². The Kier molecular flexibility index (Phi) is 8.90. The van der Waals surface area contributed by atoms with Crippen LogP contribution in [0.15, 0.2) is 73.2 Å². The molecule has 40 heavy (non-hydrogen) atoms. The summed E-state index contributed by atoms with van der Waals surface area (Å²) in [6.07, 6.45) is 7.72. The number of rotatable bonds is 8. The first-order valence-corrected chi connectivity index (χ1v) is 13.2. The highest BCUT2D eigenvalue weighted by molar-refractivity contribution is 5.98. The first-order valence-electron chi connectivity index (χ1n) is 13.2. The Morgan fingerprint density at radius 1 is 1.05 bits per heavy atom. The van der Waals surface area contributed by atoms with Crippen molar-refractivity contribution in [2.45, 2.75) is 58.0 Å². The van der Waals surface area contributed by atoms with E-state index in [1.807, 2.05) is 24.4 Å². The van der Waals surface area contributed by atoms with E-state index in [9.17, 15) is 14.7 Å². The van der Waals surface area contributed by atoms with Crippen molar-refractivity contribution in [1.82, 2.24) is 14.8 Å². The minimum Gasteiger partial charge on any atom is -0.508 e. The molecule has 1 aliphatic rings. The van der Waals surface area contributed by atoms with Gasteiger partial charge in [-0.3, -0.25) is 14.5 Å². The highest BCUT2D eigenvalue weighted by atomic mass is 35.5. The van der Waals surface area contributed by atoms with Crippen LogP contribution >= 0.6 is 12.4 Å². The summed E-state index contributed by atoms with van der Waals surface area (Å²) in [5, 5.41) is 24.0. The van der Waals surface area contributed by atoms with Crippen LogP contribution < -0.4 is 4.90 Å². The van der Waals surface area contributed by atoms with Gasteiger partial charge in [0.2, 0.25) is 5.91 Å². The molecule has 0 radical (unpaired) electrons. The number of carbonyl (C=O) groups is 2. The predicted octanol–water partition coefficient (Wildman–Crippen LogP) is 5.93. The van der Waals surface area contributed by atoms with Gasteiger partial charge >= 0.3 is 5.97 Å². The van der Waals surface area contributed by atoms with E-state index in [1.165, 1.54) is 0 Å². The summed E-state index contributed by atoms with van der Waals surface area (Å²) in [6, 6.07) is 16.1. The summed E-state index contributed by atoms with van der Waals surface area (Å²) < 4.78 is 1.78. The molecule has 2 heterocycles. The van der Waals surface area contributed by atoms with Crippen LogP contribution in [0, 0.1) is 0 Å². The van der Waals surface area contributed by atoms with E-state index in [1.54, 1.807) is 58.4 Å². The van der Waals surface area contributed by atoms with E-state index < -0.39 is 5.97 Å². The zero-order chi connectivity index (χ0) is 27.5. The average molecular weight is 561 g/mol. The van der Waals surface area contributed by atoms with Crippen LogP contribution in [0.3, 0.4) is 0 Å². The van der Waals surface area contributed by atoms with Gasteiger partial charge in [0.05, 0.1) is 42.7 Å². The second kappa shape index (κ2) is 12.3. The second-order valence-corrected chi connectivity index (χ2v) is 10.4. The van der Waals surface area contributed by atoms with E-state index in [0.29, 0.717) is 18.8 Å². The number of carbonyl (C=O) groups excluding carboxylic acids is 1. The van der Waals surface area contributed by atoms with Crippen molar-refractivity contribution >= 4 is 30.0 Å². The highest BCUT2D eigenvalue weighted by Gasteiger charge is 2.32. The number of amides is 1. The number of carboxylic acids is 1. The molecule has 1 amide bonds. The van der Waals surface area contributed by atoms with Gasteiger partial charge in [-0.1, -0.05) is 38.1 Å². The largest absolute Gasteiger partial charge is 0.508 e. The number of fused-ring (bicyclic) bond motifs is 1. The number of aromatic nitrogens is 3. The fourth-order valence-corrected chi connectivity index (χ4v) is 5.17. The van der Waals surface area contributed by atoms with Gasteiger partial charge < -0.3 is 15.1 Å². The Morgan fingerprint density at radius 2 is 1.82 bits per heavy atom. The fraction of sp³-hybridized carbons (Fsp3) is 0.290. The van der Waals surface area contributed by atoms with Crippen molar-refractivity contribution in [3.8, 4) is 5.75 Å². The molecule has 2 aromatic heterocycles. The summed E-state index contributed by atoms with van der Waals surface area (Å²) in [6.45, 7) is 4.97. The average Bonchev–Trinajstić information content (AvgIpc) is 3.38. The molecule has 5 rings (SSSR count). The smallest absolute Gasteiger partial charge is 0.335 e. The van der Waals surface area contributed by atoms with Crippen LogP contribution in [0.4, 0.5) is 5.69 Å². The molecule has 0 aliphatic heterocycles. The molecule has 1 aliphatic carbocycles. The van der Waals surface area contributed by atoms with Crippen LogP contribution in [-0.2, 0) is 24.3 Å². The Balaban J connectivity index is 0.00000370. The van der Waals surface area contributed by atoms with Crippen LogP contribution in [0.1, 0.15) is 76.8 Å². The van der Waals surface area contributed by atoms with Crippen molar-refractivity contribution in [2.24, 2.45) is 0 Å². The summed E-state index contributed by atoms with van der Waals surface area (Å²) in [5.41, 5.74) is 5.46. The molecule has 0 saturated carbocycles. The van der Waals surface area contributed by atoms with Gasteiger partial charge in [0, 0.05) is 17.5 Å². The predicted molar refractivity (Wildman–Crippen MR) is 155 cm³/mol. The van der Waals surface area contributed by atoms with Crippen LogP contribution in [-0.4, -0.2) is 36.9 Å². The molecular formula is C31H33ClN4O4. The molecule has 2 N–H and O–H groups in total. The molecule has 208 valence electrons. The first-order chi connectivity index (χ1) is 18.8. The maximum absolute atomic E-state index is 14.1. The van der Waals surface area contributed by atoms with E-state index >= 15 is 0 Å². The van der Waals surface area contributed by atoms with Crippen LogP contribution in [0.5, 0.6) is 5.75 Å². The molecule has 0 fully saturated rings. The van der Waals surface area contributed by atoms with Crippen molar-refractivity contribution in [3.05, 3.63) is 107 Å². The summed E-state index contributed by atoms with van der Waals surface area (Å²) >= 11 is 0. The number of pyridine rings is 1. The minimum atomic E-state index is -0.959. The van der Waals surface area contributed by atoms with Gasteiger partial charge in [-0.05, 0) is 72.2 Å². The number of aromatic hydroxyl groups is 1. The van der Waals surface area contributed by atoms with Gasteiger partial charge in [-0.15, -0.1) is 12.4 Å². The Bertz CT molecular complexity index is 1480. The molecule has 9 heteroatoms. The lowest BCUT2D eigenvalue weighted by Crippen LogP contribution is -2.36. The Labute approximate surface area is 239 Å². The molecule has 4 aromatic rings. The van der Waals surface area contributed by atoms with Gasteiger partial charge in [0.25, 0.3) is 0 Å². The Morgan fingerprint density at radius 3 is 2.50 bits per heavy atom. The Hall–Kier alpha value is -4.17. The summed E-state index contributed by atoms with van der Waals surface area (Å²) in [4.78, 5) is 31.6. The monoisotopic (exact) mass is 560 g/mol. The van der Waals surface area contributed by atoms with Crippen molar-refractivity contribution in [2.75, 3.05) is 4.90 Å². The minimum absolute atomic E-state index is 0. The number of carboxylic acid groups (broad SMARTS) is 1. The maximum atomic E-state index is 14.1. The third kappa shape index (κ3) is 6.18. The van der Waals surface area contributed by atoms with E-state index in [-0.39, 0.29) is 41.5 Å². The first kappa shape index (κ1) is 28.8. The lowest BCUT2D eigenvalue weighted by atomic mass is 9.81. The third-order valence-electron chi connectivity index (χ3n) is 7.29. The number of hydrogen-bond acceptors (Lipinski definition) is 5. The fourth-order valence-electron chi connectivity index (χ4n) is 5.17. The molecular weight excluding hydrogens is 528 g/mol. The van der Waals surface area contributed by atoms with Crippen molar-refractivity contribution in [1.29, 1.82) is 0 Å². The third-order valence-corrected chi connectivity index (χ3v) is 7.29. The number of nitrogens with zero attached hydrogens (tertiary/aromatic N) is 4. The number of phenols is 1. The zero-order valence-electron chi connectivity index (χ0n) is 22.5. The number of phenolic OH excluding ortho intramolecular Hbond substituents is 1. The quantitative estimate of drug-likeness (QED) is 0.276. The standard InChI is InChI=1S/C31H32N4O4.ClH/c1-20(2)28-14-13-24(16-32-28)35(30(37)27-7-3-6-26-25(27)5-4-8-29(26)36)19-22-15-33-34(18-22)17-21-9-11-23(12-10-21)31(38)39;/h4-5,8-16,18,20,27,36H,3,6-7,17,19H2,1-2H3,(H,38,39);1H. The summed E-state index contributed by atoms with van der Waals surface area (Å²) in [7, 11) is 0. The normalized spacial score (nSPS) is 14.3. The molecule has 2 aromatic carbocycles. The van der Waals surface area contributed by atoms with Gasteiger partial charge in [-0.2, -0.15) is 5.10 Å². The van der Waals surface area contributed by atoms with E-state index in [0.717, 1.165) is 47.2 Å². The number of hydrogen-bond donors (Lipinski definition) is 2. The van der Waals surface area contributed by atoms with E-state index in [4.69, 9.17) is 5.11 Å². The van der Waals surface area contributed by atoms with Gasteiger partial charge in [0.15, 0.2) is 0 Å². The number of benzene rings is 2. The topological polar surface area (TPSA) is 109 Å². The van der Waals surface area contributed by atoms with Crippen molar-refractivity contribution in [3.63, 3.8) is 0 Å².